The molecule has 0 radical (unpaired) electrons. The highest BCUT2D eigenvalue weighted by atomic mass is 35.5. The lowest BCUT2D eigenvalue weighted by Gasteiger charge is -2.35. The van der Waals surface area contributed by atoms with Crippen molar-refractivity contribution >= 4 is 44.1 Å². The van der Waals surface area contributed by atoms with Gasteiger partial charge in [-0.15, -0.1) is 13.2 Å². The zero-order chi connectivity index (χ0) is 29.2. The number of rotatable bonds is 7. The quantitative estimate of drug-likeness (QED) is 0.298. The van der Waals surface area contributed by atoms with E-state index >= 15 is 0 Å². The van der Waals surface area contributed by atoms with Crippen LogP contribution >= 0.6 is 11.6 Å². The van der Waals surface area contributed by atoms with Gasteiger partial charge in [-0.2, -0.15) is 0 Å². The van der Waals surface area contributed by atoms with Gasteiger partial charge in [0.1, 0.15) is 4.90 Å². The van der Waals surface area contributed by atoms with Crippen LogP contribution in [0, 0.1) is 0 Å². The molecule has 0 bridgehead atoms. The van der Waals surface area contributed by atoms with Crippen molar-refractivity contribution in [1.29, 1.82) is 0 Å². The Balaban J connectivity index is 1.34. The van der Waals surface area contributed by atoms with Crippen molar-refractivity contribution in [3.63, 3.8) is 0 Å². The minimum atomic E-state index is -5.13. The molecule has 3 aromatic carbocycles. The second-order valence-corrected chi connectivity index (χ2v) is 11.5. The van der Waals surface area contributed by atoms with Crippen LogP contribution in [0.2, 0.25) is 5.02 Å². The van der Waals surface area contributed by atoms with Crippen LogP contribution in [0.1, 0.15) is 15.9 Å². The lowest BCUT2D eigenvalue weighted by Crippen LogP contribution is -2.48. The summed E-state index contributed by atoms with van der Waals surface area (Å²) in [6, 6.07) is 18.5. The molecule has 0 unspecified atom stereocenters. The number of piperazine rings is 1. The van der Waals surface area contributed by atoms with Crippen molar-refractivity contribution in [3.8, 4) is 5.75 Å². The maximum Gasteiger partial charge on any atom is 0.573 e. The minimum absolute atomic E-state index is 0.0673. The van der Waals surface area contributed by atoms with E-state index in [1.807, 2.05) is 18.2 Å². The van der Waals surface area contributed by atoms with Gasteiger partial charge in [0, 0.05) is 54.9 Å². The maximum atomic E-state index is 13.3. The molecule has 4 aromatic rings. The molecule has 1 saturated heterocycles. The van der Waals surface area contributed by atoms with E-state index in [1.54, 1.807) is 24.3 Å². The minimum Gasteiger partial charge on any atom is -0.404 e. The summed E-state index contributed by atoms with van der Waals surface area (Å²) in [4.78, 5) is 20.8. The van der Waals surface area contributed by atoms with Crippen LogP contribution in [0.15, 0.2) is 83.9 Å². The summed E-state index contributed by atoms with van der Waals surface area (Å²) in [7, 11) is -4.38. The average molecular weight is 605 g/mol. The van der Waals surface area contributed by atoms with Crippen molar-refractivity contribution in [2.24, 2.45) is 0 Å². The highest BCUT2D eigenvalue weighted by Gasteiger charge is 2.34. The lowest BCUT2D eigenvalue weighted by atomic mass is 10.1. The number of fused-ring (bicyclic) bond motifs is 1. The number of carbonyl (C=O) groups is 1. The third-order valence-corrected chi connectivity index (χ3v) is 8.17. The smallest absolute Gasteiger partial charge is 0.404 e. The second kappa shape index (κ2) is 11.6. The second-order valence-electron chi connectivity index (χ2n) is 9.39. The Morgan fingerprint density at radius 3 is 2.44 bits per heavy atom. The van der Waals surface area contributed by atoms with Gasteiger partial charge in [0.25, 0.3) is 15.9 Å². The van der Waals surface area contributed by atoms with Crippen molar-refractivity contribution in [2.75, 3.05) is 30.9 Å². The van der Waals surface area contributed by atoms with E-state index < -0.39 is 33.7 Å². The number of nitrogens with zero attached hydrogens (tertiary/aromatic N) is 3. The first-order chi connectivity index (χ1) is 19.5. The molecular formula is C28H24ClF3N4O4S. The number of nitrogens with one attached hydrogen (secondary N) is 1. The molecule has 1 fully saturated rings. The fourth-order valence-electron chi connectivity index (χ4n) is 4.63. The SMILES string of the molecule is O=C(c1ccc(NS(=O)(=O)c2cccc3cccnc23)c(OC(F)(F)F)c1)N1CCN(Cc2cccc(Cl)c2)CC1. The van der Waals surface area contributed by atoms with Gasteiger partial charge in [0.15, 0.2) is 5.75 Å². The number of ether oxygens (including phenoxy) is 1. The van der Waals surface area contributed by atoms with Gasteiger partial charge in [-0.25, -0.2) is 8.42 Å². The van der Waals surface area contributed by atoms with Gasteiger partial charge in [-0.3, -0.25) is 19.4 Å². The van der Waals surface area contributed by atoms with E-state index in [2.05, 4.69) is 19.3 Å². The zero-order valence-electron chi connectivity index (χ0n) is 21.4. The lowest BCUT2D eigenvalue weighted by molar-refractivity contribution is -0.274. The van der Waals surface area contributed by atoms with Crippen molar-refractivity contribution in [1.82, 2.24) is 14.8 Å². The summed E-state index contributed by atoms with van der Waals surface area (Å²) in [5.41, 5.74) is 0.645. The van der Waals surface area contributed by atoms with E-state index in [1.165, 1.54) is 29.3 Å². The van der Waals surface area contributed by atoms with Crippen LogP contribution in [-0.2, 0) is 16.6 Å². The van der Waals surface area contributed by atoms with E-state index in [4.69, 9.17) is 11.6 Å². The number of anilines is 1. The Morgan fingerprint density at radius 1 is 0.976 bits per heavy atom. The largest absolute Gasteiger partial charge is 0.573 e. The van der Waals surface area contributed by atoms with Gasteiger partial charge < -0.3 is 9.64 Å². The van der Waals surface area contributed by atoms with E-state index in [9.17, 15) is 26.4 Å². The summed E-state index contributed by atoms with van der Waals surface area (Å²) >= 11 is 6.06. The molecule has 1 aliphatic rings. The summed E-state index contributed by atoms with van der Waals surface area (Å²) in [6.45, 7) is 2.48. The van der Waals surface area contributed by atoms with Gasteiger partial charge in [0.2, 0.25) is 0 Å². The number of para-hydroxylation sites is 1. The molecule has 5 rings (SSSR count). The normalized spacial score (nSPS) is 14.7. The summed E-state index contributed by atoms with van der Waals surface area (Å²) in [6.07, 6.45) is -3.72. The highest BCUT2D eigenvalue weighted by molar-refractivity contribution is 7.93. The summed E-state index contributed by atoms with van der Waals surface area (Å²) < 4.78 is 72.6. The monoisotopic (exact) mass is 604 g/mol. The number of sulfonamides is 1. The van der Waals surface area contributed by atoms with Gasteiger partial charge in [-0.05, 0) is 48.0 Å². The van der Waals surface area contributed by atoms with Crippen LogP contribution in [0.25, 0.3) is 10.9 Å². The van der Waals surface area contributed by atoms with Crippen molar-refractivity contribution < 1.29 is 31.1 Å². The van der Waals surface area contributed by atoms with Crippen LogP contribution in [0.4, 0.5) is 18.9 Å². The van der Waals surface area contributed by atoms with E-state index in [-0.39, 0.29) is 16.0 Å². The first kappa shape index (κ1) is 28.7. The molecule has 214 valence electrons. The molecule has 0 spiro atoms. The maximum absolute atomic E-state index is 13.3. The van der Waals surface area contributed by atoms with Crippen molar-refractivity contribution in [3.05, 3.63) is 95.1 Å². The zero-order valence-corrected chi connectivity index (χ0v) is 23.0. The summed E-state index contributed by atoms with van der Waals surface area (Å²) in [5, 5.41) is 1.17. The molecule has 1 N–H and O–H groups in total. The van der Waals surface area contributed by atoms with Gasteiger partial charge in [-0.1, -0.05) is 41.9 Å². The molecule has 0 atom stereocenters. The molecule has 1 aliphatic heterocycles. The molecule has 1 amide bonds. The molecule has 13 heteroatoms. The highest BCUT2D eigenvalue weighted by Crippen LogP contribution is 2.34. The number of aromatic nitrogens is 1. The van der Waals surface area contributed by atoms with Crippen LogP contribution in [0.5, 0.6) is 5.75 Å². The predicted octanol–water partition coefficient (Wildman–Crippen LogP) is 5.55. The first-order valence-corrected chi connectivity index (χ1v) is 14.4. The molecule has 0 saturated carbocycles. The predicted molar refractivity (Wildman–Crippen MR) is 148 cm³/mol. The molecule has 0 aliphatic carbocycles. The average Bonchev–Trinajstić information content (AvgIpc) is 2.93. The van der Waals surface area contributed by atoms with Gasteiger partial charge >= 0.3 is 6.36 Å². The number of hydrogen-bond donors (Lipinski definition) is 1. The topological polar surface area (TPSA) is 91.8 Å². The van der Waals surface area contributed by atoms with Crippen LogP contribution in [0.3, 0.4) is 0 Å². The standard InChI is InChI=1S/C28H24ClF3N4O4S/c29-22-7-1-4-19(16-22)18-35-12-14-36(15-13-35)27(37)21-9-10-23(24(17-21)40-28(30,31)32)34-41(38,39)25-8-2-5-20-6-3-11-33-26(20)25/h1-11,16-17,34H,12-15,18H2. The molecule has 8 nitrogen and oxygen atoms in total. The van der Waals surface area contributed by atoms with E-state index in [0.717, 1.165) is 17.7 Å². The number of amides is 1. The van der Waals surface area contributed by atoms with Crippen LogP contribution < -0.4 is 9.46 Å². The third kappa shape index (κ3) is 6.89. The number of hydrogen-bond acceptors (Lipinski definition) is 6. The fraction of sp³-hybridized carbons (Fsp3) is 0.214. The number of carbonyl (C=O) groups excluding carboxylic acids is 1. The molecule has 2 heterocycles. The summed E-state index contributed by atoms with van der Waals surface area (Å²) in [5.74, 6) is -1.34. The van der Waals surface area contributed by atoms with E-state index in [0.29, 0.717) is 43.1 Å². The first-order valence-electron chi connectivity index (χ1n) is 12.5. The Morgan fingerprint density at radius 2 is 1.71 bits per heavy atom. The molecule has 1 aromatic heterocycles. The number of halogens is 4. The number of benzene rings is 3. The molecular weight excluding hydrogens is 581 g/mol. The Hall–Kier alpha value is -3.87. The Labute approximate surface area is 239 Å². The molecule has 41 heavy (non-hydrogen) atoms. The third-order valence-electron chi connectivity index (χ3n) is 6.54. The Bertz CT molecular complexity index is 1690. The fourth-order valence-corrected chi connectivity index (χ4v) is 6.09. The number of pyridine rings is 1. The Kier molecular flexibility index (Phi) is 8.07. The van der Waals surface area contributed by atoms with Crippen LogP contribution in [-0.4, -0.2) is 61.7 Å². The number of alkyl halides is 3. The van der Waals surface area contributed by atoms with Crippen molar-refractivity contribution in [2.45, 2.75) is 17.8 Å². The van der Waals surface area contributed by atoms with Gasteiger partial charge in [0.05, 0.1) is 11.2 Å².